The first-order valence-electron chi connectivity index (χ1n) is 6.95. The second-order valence-corrected chi connectivity index (χ2v) is 5.80. The van der Waals surface area contributed by atoms with E-state index in [1.807, 2.05) is 6.07 Å². The van der Waals surface area contributed by atoms with Crippen molar-refractivity contribution in [2.24, 2.45) is 0 Å². The van der Waals surface area contributed by atoms with E-state index in [9.17, 15) is 13.6 Å². The number of benzene rings is 1. The molecule has 1 aromatic carbocycles. The predicted molar refractivity (Wildman–Crippen MR) is 84.8 cm³/mol. The number of allylic oxidation sites excluding steroid dienone is 1. The number of rotatable bonds is 7. The van der Waals surface area contributed by atoms with Crippen LogP contribution in [0, 0.1) is 0 Å². The van der Waals surface area contributed by atoms with Gasteiger partial charge in [0.15, 0.2) is 5.78 Å². The largest absolute Gasteiger partial charge is 0.434 e. The van der Waals surface area contributed by atoms with Crippen molar-refractivity contribution >= 4 is 23.2 Å². The first-order chi connectivity index (χ1) is 10.6. The van der Waals surface area contributed by atoms with Crippen LogP contribution in [0.5, 0.6) is 5.75 Å². The fourth-order valence-corrected chi connectivity index (χ4v) is 2.99. The predicted octanol–water partition coefficient (Wildman–Crippen LogP) is 5.20. The molecule has 2 aromatic rings. The van der Waals surface area contributed by atoms with Crippen molar-refractivity contribution in [1.82, 2.24) is 0 Å². The first kappa shape index (κ1) is 16.4. The summed E-state index contributed by atoms with van der Waals surface area (Å²) in [5.41, 5.74) is 0.446. The van der Waals surface area contributed by atoms with Crippen molar-refractivity contribution in [3.05, 3.63) is 57.8 Å². The number of thiophene rings is 1. The molecule has 0 saturated heterocycles. The van der Waals surface area contributed by atoms with E-state index in [0.717, 1.165) is 12.8 Å². The maximum absolute atomic E-state index is 12.3. The SMILES string of the molecule is CCCc1ccc(C(=O)/C=C/c2ccccc2OC(F)F)s1. The summed E-state index contributed by atoms with van der Waals surface area (Å²) in [4.78, 5) is 13.9. The topological polar surface area (TPSA) is 26.3 Å². The summed E-state index contributed by atoms with van der Waals surface area (Å²) in [7, 11) is 0. The Hall–Kier alpha value is -2.01. The lowest BCUT2D eigenvalue weighted by atomic mass is 10.1. The maximum Gasteiger partial charge on any atom is 0.387 e. The summed E-state index contributed by atoms with van der Waals surface area (Å²) in [6.45, 7) is -0.805. The van der Waals surface area contributed by atoms with Gasteiger partial charge in [0.2, 0.25) is 0 Å². The minimum atomic E-state index is -2.89. The fourth-order valence-electron chi connectivity index (χ4n) is 1.96. The second kappa shape index (κ2) is 7.84. The van der Waals surface area contributed by atoms with Crippen molar-refractivity contribution in [1.29, 1.82) is 0 Å². The van der Waals surface area contributed by atoms with Gasteiger partial charge in [0.25, 0.3) is 0 Å². The Balaban J connectivity index is 2.12. The molecule has 0 bridgehead atoms. The molecule has 116 valence electrons. The lowest BCUT2D eigenvalue weighted by molar-refractivity contribution is -0.0499. The molecule has 0 spiro atoms. The van der Waals surface area contributed by atoms with Gasteiger partial charge in [-0.05, 0) is 36.8 Å². The van der Waals surface area contributed by atoms with Crippen molar-refractivity contribution in [2.45, 2.75) is 26.4 Å². The Labute approximate surface area is 132 Å². The van der Waals surface area contributed by atoms with E-state index in [0.29, 0.717) is 10.4 Å². The standard InChI is InChI=1S/C17H16F2O2S/c1-2-5-13-9-11-16(22-13)14(20)10-8-12-6-3-4-7-15(12)21-17(18)19/h3-4,6-11,17H,2,5H2,1H3/b10-8+. The highest BCUT2D eigenvalue weighted by Crippen LogP contribution is 2.23. The molecule has 0 amide bonds. The van der Waals surface area contributed by atoms with Gasteiger partial charge in [-0.2, -0.15) is 8.78 Å². The first-order valence-corrected chi connectivity index (χ1v) is 7.76. The van der Waals surface area contributed by atoms with Crippen LogP contribution in [-0.4, -0.2) is 12.4 Å². The van der Waals surface area contributed by atoms with Gasteiger partial charge in [-0.25, -0.2) is 0 Å². The lowest BCUT2D eigenvalue weighted by Crippen LogP contribution is -2.03. The Bertz CT molecular complexity index is 662. The smallest absolute Gasteiger partial charge is 0.387 e. The third kappa shape index (κ3) is 4.49. The van der Waals surface area contributed by atoms with Crippen LogP contribution in [0.25, 0.3) is 6.08 Å². The van der Waals surface area contributed by atoms with Gasteiger partial charge in [0, 0.05) is 10.4 Å². The number of halogens is 2. The van der Waals surface area contributed by atoms with E-state index >= 15 is 0 Å². The minimum absolute atomic E-state index is 0.0550. The van der Waals surface area contributed by atoms with Crippen LogP contribution < -0.4 is 4.74 Å². The number of carbonyl (C=O) groups excluding carboxylic acids is 1. The molecule has 22 heavy (non-hydrogen) atoms. The quantitative estimate of drug-likeness (QED) is 0.517. The Kier molecular flexibility index (Phi) is 5.83. The zero-order chi connectivity index (χ0) is 15.9. The van der Waals surface area contributed by atoms with Crippen LogP contribution in [0.4, 0.5) is 8.78 Å². The van der Waals surface area contributed by atoms with Crippen molar-refractivity contribution in [3.8, 4) is 5.75 Å². The number of aryl methyl sites for hydroxylation is 1. The van der Waals surface area contributed by atoms with E-state index in [1.54, 1.807) is 24.3 Å². The monoisotopic (exact) mass is 322 g/mol. The molecule has 0 N–H and O–H groups in total. The summed E-state index contributed by atoms with van der Waals surface area (Å²) in [5, 5.41) is 0. The molecule has 0 fully saturated rings. The molecule has 2 rings (SSSR count). The molecule has 1 aromatic heterocycles. The zero-order valence-corrected chi connectivity index (χ0v) is 12.9. The van der Waals surface area contributed by atoms with Crippen molar-refractivity contribution in [3.63, 3.8) is 0 Å². The number of para-hydroxylation sites is 1. The number of hydrogen-bond acceptors (Lipinski definition) is 3. The molecule has 0 aliphatic carbocycles. The van der Waals surface area contributed by atoms with E-state index < -0.39 is 6.61 Å². The number of carbonyl (C=O) groups is 1. The molecule has 0 aliphatic heterocycles. The highest BCUT2D eigenvalue weighted by atomic mass is 32.1. The average molecular weight is 322 g/mol. The molecule has 0 radical (unpaired) electrons. The van der Waals surface area contributed by atoms with Gasteiger partial charge >= 0.3 is 6.61 Å². The minimum Gasteiger partial charge on any atom is -0.434 e. The third-order valence-corrected chi connectivity index (χ3v) is 4.11. The van der Waals surface area contributed by atoms with Gasteiger partial charge in [-0.15, -0.1) is 11.3 Å². The highest BCUT2D eigenvalue weighted by molar-refractivity contribution is 7.14. The Morgan fingerprint density at radius 2 is 2.05 bits per heavy atom. The van der Waals surface area contributed by atoms with E-state index in [-0.39, 0.29) is 11.5 Å². The number of hydrogen-bond donors (Lipinski definition) is 0. The van der Waals surface area contributed by atoms with Gasteiger partial charge in [-0.1, -0.05) is 31.5 Å². The molecule has 2 nitrogen and oxygen atoms in total. The molecule has 0 atom stereocenters. The zero-order valence-electron chi connectivity index (χ0n) is 12.1. The number of ketones is 1. The van der Waals surface area contributed by atoms with E-state index in [1.165, 1.54) is 34.4 Å². The maximum atomic E-state index is 12.3. The van der Waals surface area contributed by atoms with Crippen molar-refractivity contribution in [2.75, 3.05) is 0 Å². The number of alkyl halides is 2. The normalized spacial score (nSPS) is 11.3. The third-order valence-electron chi connectivity index (χ3n) is 2.95. The second-order valence-electron chi connectivity index (χ2n) is 4.63. The van der Waals surface area contributed by atoms with E-state index in [4.69, 9.17) is 0 Å². The van der Waals surface area contributed by atoms with E-state index in [2.05, 4.69) is 11.7 Å². The highest BCUT2D eigenvalue weighted by Gasteiger charge is 2.09. The number of ether oxygens (including phenoxy) is 1. The summed E-state index contributed by atoms with van der Waals surface area (Å²) in [6, 6.07) is 10.1. The average Bonchev–Trinajstić information content (AvgIpc) is 2.94. The summed E-state index contributed by atoms with van der Waals surface area (Å²) in [6.07, 6.45) is 4.86. The molecule has 1 heterocycles. The summed E-state index contributed by atoms with van der Waals surface area (Å²) in [5.74, 6) is -0.0846. The Morgan fingerprint density at radius 1 is 1.27 bits per heavy atom. The molecular weight excluding hydrogens is 306 g/mol. The molecule has 0 unspecified atom stereocenters. The van der Waals surface area contributed by atoms with Crippen molar-refractivity contribution < 1.29 is 18.3 Å². The summed E-state index contributed by atoms with van der Waals surface area (Å²) < 4.78 is 29.1. The molecule has 0 saturated carbocycles. The molecular formula is C17H16F2O2S. The lowest BCUT2D eigenvalue weighted by Gasteiger charge is -2.06. The van der Waals surface area contributed by atoms with Gasteiger partial charge < -0.3 is 4.74 Å². The Morgan fingerprint density at radius 3 is 2.77 bits per heavy atom. The van der Waals surface area contributed by atoms with Gasteiger partial charge in [-0.3, -0.25) is 4.79 Å². The van der Waals surface area contributed by atoms with Crippen LogP contribution in [0.1, 0.15) is 33.5 Å². The fraction of sp³-hybridized carbons (Fsp3) is 0.235. The summed E-state index contributed by atoms with van der Waals surface area (Å²) >= 11 is 1.46. The van der Waals surface area contributed by atoms with Gasteiger partial charge in [0.1, 0.15) is 5.75 Å². The van der Waals surface area contributed by atoms with Crippen LogP contribution in [0.3, 0.4) is 0 Å². The van der Waals surface area contributed by atoms with Crippen LogP contribution in [0.15, 0.2) is 42.5 Å². The van der Waals surface area contributed by atoms with Gasteiger partial charge in [0.05, 0.1) is 4.88 Å². The molecule has 0 aliphatic rings. The van der Waals surface area contributed by atoms with Crippen LogP contribution in [-0.2, 0) is 6.42 Å². The van der Waals surface area contributed by atoms with Crippen LogP contribution >= 0.6 is 11.3 Å². The molecule has 5 heteroatoms. The van der Waals surface area contributed by atoms with Crippen LogP contribution in [0.2, 0.25) is 0 Å².